The van der Waals surface area contributed by atoms with Crippen molar-refractivity contribution in [1.82, 2.24) is 5.32 Å². The lowest BCUT2D eigenvalue weighted by Crippen LogP contribution is -2.19. The van der Waals surface area contributed by atoms with Crippen molar-refractivity contribution >= 4 is 5.97 Å². The van der Waals surface area contributed by atoms with Gasteiger partial charge in [-0.05, 0) is 6.54 Å². The molecule has 0 unspecified atom stereocenters. The van der Waals surface area contributed by atoms with Crippen molar-refractivity contribution in [2.75, 3.05) is 33.4 Å². The van der Waals surface area contributed by atoms with E-state index in [-0.39, 0.29) is 5.97 Å². The van der Waals surface area contributed by atoms with Crippen LogP contribution in [0.3, 0.4) is 0 Å². The second-order valence-electron chi connectivity index (χ2n) is 2.32. The molecule has 0 saturated carbocycles. The van der Waals surface area contributed by atoms with Crippen LogP contribution < -0.4 is 5.32 Å². The SMILES string of the molecule is CCNCCC(=O)OCCOC. The molecule has 0 saturated heterocycles. The summed E-state index contributed by atoms with van der Waals surface area (Å²) >= 11 is 0. The molecule has 0 fully saturated rings. The van der Waals surface area contributed by atoms with Crippen LogP contribution in [-0.2, 0) is 14.3 Å². The molecule has 0 aromatic carbocycles. The van der Waals surface area contributed by atoms with E-state index in [9.17, 15) is 4.79 Å². The average molecular weight is 175 g/mol. The third-order valence-electron chi connectivity index (χ3n) is 1.31. The van der Waals surface area contributed by atoms with Gasteiger partial charge in [0.2, 0.25) is 0 Å². The van der Waals surface area contributed by atoms with Crippen molar-refractivity contribution in [3.05, 3.63) is 0 Å². The minimum atomic E-state index is -0.173. The summed E-state index contributed by atoms with van der Waals surface area (Å²) in [7, 11) is 1.58. The molecular formula is C8H17NO3. The minimum absolute atomic E-state index is 0.173. The van der Waals surface area contributed by atoms with E-state index in [2.05, 4.69) is 5.32 Å². The first kappa shape index (κ1) is 11.4. The van der Waals surface area contributed by atoms with Crippen LogP contribution in [-0.4, -0.2) is 39.4 Å². The lowest BCUT2D eigenvalue weighted by Gasteiger charge is -2.03. The third kappa shape index (κ3) is 7.50. The first-order valence-corrected chi connectivity index (χ1v) is 4.16. The van der Waals surface area contributed by atoms with E-state index in [1.807, 2.05) is 6.92 Å². The van der Waals surface area contributed by atoms with Crippen molar-refractivity contribution in [2.45, 2.75) is 13.3 Å². The summed E-state index contributed by atoms with van der Waals surface area (Å²) in [5, 5.41) is 3.04. The largest absolute Gasteiger partial charge is 0.463 e. The summed E-state index contributed by atoms with van der Waals surface area (Å²) in [5.74, 6) is -0.173. The molecule has 0 amide bonds. The van der Waals surface area contributed by atoms with Crippen molar-refractivity contribution in [2.24, 2.45) is 0 Å². The lowest BCUT2D eigenvalue weighted by molar-refractivity contribution is -0.144. The van der Waals surface area contributed by atoms with Gasteiger partial charge in [0.05, 0.1) is 13.0 Å². The predicted octanol–water partition coefficient (Wildman–Crippen LogP) is 0.176. The van der Waals surface area contributed by atoms with Crippen molar-refractivity contribution < 1.29 is 14.3 Å². The number of methoxy groups -OCH3 is 1. The molecule has 72 valence electrons. The van der Waals surface area contributed by atoms with E-state index in [0.717, 1.165) is 6.54 Å². The van der Waals surface area contributed by atoms with Crippen molar-refractivity contribution in [3.63, 3.8) is 0 Å². The molecule has 0 bridgehead atoms. The topological polar surface area (TPSA) is 47.6 Å². The molecule has 0 aromatic heterocycles. The van der Waals surface area contributed by atoms with Crippen LogP contribution in [0.5, 0.6) is 0 Å². The van der Waals surface area contributed by atoms with E-state index in [4.69, 9.17) is 9.47 Å². The summed E-state index contributed by atoms with van der Waals surface area (Å²) < 4.78 is 9.55. The smallest absolute Gasteiger partial charge is 0.307 e. The Hall–Kier alpha value is -0.610. The number of ether oxygens (including phenoxy) is 2. The molecule has 12 heavy (non-hydrogen) atoms. The molecule has 0 radical (unpaired) electrons. The highest BCUT2D eigenvalue weighted by atomic mass is 16.6. The number of esters is 1. The van der Waals surface area contributed by atoms with Crippen LogP contribution in [0.2, 0.25) is 0 Å². The number of carbonyl (C=O) groups excluding carboxylic acids is 1. The molecule has 0 aliphatic rings. The molecule has 4 nitrogen and oxygen atoms in total. The molecule has 0 rings (SSSR count). The Morgan fingerprint density at radius 1 is 1.42 bits per heavy atom. The van der Waals surface area contributed by atoms with E-state index in [1.165, 1.54) is 0 Å². The summed E-state index contributed by atoms with van der Waals surface area (Å²) in [4.78, 5) is 10.9. The Bertz CT molecular complexity index is 105. The average Bonchev–Trinajstić information content (AvgIpc) is 2.06. The fourth-order valence-electron chi connectivity index (χ4n) is 0.678. The number of hydrogen-bond acceptors (Lipinski definition) is 4. The summed E-state index contributed by atoms with van der Waals surface area (Å²) in [6.07, 6.45) is 0.428. The highest BCUT2D eigenvalue weighted by molar-refractivity contribution is 5.69. The number of carbonyl (C=O) groups is 1. The molecule has 1 N–H and O–H groups in total. The maximum absolute atomic E-state index is 10.9. The minimum Gasteiger partial charge on any atom is -0.463 e. The third-order valence-corrected chi connectivity index (χ3v) is 1.31. The van der Waals surface area contributed by atoms with E-state index < -0.39 is 0 Å². The molecule has 0 spiro atoms. The van der Waals surface area contributed by atoms with E-state index in [0.29, 0.717) is 26.2 Å². The van der Waals surface area contributed by atoms with E-state index >= 15 is 0 Å². The molecule has 4 heteroatoms. The maximum Gasteiger partial charge on any atom is 0.307 e. The highest BCUT2D eigenvalue weighted by Gasteiger charge is 2.00. The maximum atomic E-state index is 10.9. The second kappa shape index (κ2) is 8.49. The quantitative estimate of drug-likeness (QED) is 0.443. The Kier molecular flexibility index (Phi) is 8.05. The Balaban J connectivity index is 3.10. The zero-order valence-corrected chi connectivity index (χ0v) is 7.76. The van der Waals surface area contributed by atoms with Gasteiger partial charge in [0.25, 0.3) is 0 Å². The van der Waals surface area contributed by atoms with Gasteiger partial charge in [-0.3, -0.25) is 4.79 Å². The highest BCUT2D eigenvalue weighted by Crippen LogP contribution is 1.84. The number of rotatable bonds is 7. The van der Waals surface area contributed by atoms with Crippen LogP contribution in [0.15, 0.2) is 0 Å². The summed E-state index contributed by atoms with van der Waals surface area (Å²) in [6.45, 7) is 4.37. The number of hydrogen-bond donors (Lipinski definition) is 1. The van der Waals surface area contributed by atoms with Crippen LogP contribution in [0.25, 0.3) is 0 Å². The van der Waals surface area contributed by atoms with Gasteiger partial charge in [-0.2, -0.15) is 0 Å². The number of nitrogens with one attached hydrogen (secondary N) is 1. The van der Waals surface area contributed by atoms with Gasteiger partial charge in [-0.1, -0.05) is 6.92 Å². The zero-order valence-electron chi connectivity index (χ0n) is 7.76. The summed E-state index contributed by atoms with van der Waals surface area (Å²) in [6, 6.07) is 0. The Morgan fingerprint density at radius 3 is 2.75 bits per heavy atom. The first-order chi connectivity index (χ1) is 5.81. The zero-order chi connectivity index (χ0) is 9.23. The molecule has 0 aromatic rings. The first-order valence-electron chi connectivity index (χ1n) is 4.16. The Labute approximate surface area is 73.2 Å². The molecule has 0 heterocycles. The van der Waals surface area contributed by atoms with Crippen molar-refractivity contribution in [3.8, 4) is 0 Å². The predicted molar refractivity (Wildman–Crippen MR) is 46.0 cm³/mol. The molecule has 0 aliphatic heterocycles. The Morgan fingerprint density at radius 2 is 2.17 bits per heavy atom. The fraction of sp³-hybridized carbons (Fsp3) is 0.875. The standard InChI is InChI=1S/C8H17NO3/c1-3-9-5-4-8(10)12-7-6-11-2/h9H,3-7H2,1-2H3. The summed E-state index contributed by atoms with van der Waals surface area (Å²) in [5.41, 5.74) is 0. The van der Waals surface area contributed by atoms with Crippen LogP contribution in [0.4, 0.5) is 0 Å². The van der Waals surface area contributed by atoms with Crippen LogP contribution in [0, 0.1) is 0 Å². The molecule has 0 atom stereocenters. The van der Waals surface area contributed by atoms with Crippen LogP contribution in [0.1, 0.15) is 13.3 Å². The van der Waals surface area contributed by atoms with Gasteiger partial charge in [0.15, 0.2) is 0 Å². The lowest BCUT2D eigenvalue weighted by atomic mass is 10.4. The molecule has 0 aliphatic carbocycles. The van der Waals surface area contributed by atoms with Gasteiger partial charge in [0, 0.05) is 13.7 Å². The van der Waals surface area contributed by atoms with Gasteiger partial charge < -0.3 is 14.8 Å². The normalized spacial score (nSPS) is 9.83. The monoisotopic (exact) mass is 175 g/mol. The van der Waals surface area contributed by atoms with Gasteiger partial charge in [-0.25, -0.2) is 0 Å². The van der Waals surface area contributed by atoms with E-state index in [1.54, 1.807) is 7.11 Å². The van der Waals surface area contributed by atoms with Gasteiger partial charge in [0.1, 0.15) is 6.61 Å². The van der Waals surface area contributed by atoms with Gasteiger partial charge in [-0.15, -0.1) is 0 Å². The van der Waals surface area contributed by atoms with Gasteiger partial charge >= 0.3 is 5.97 Å². The van der Waals surface area contributed by atoms with Crippen molar-refractivity contribution in [1.29, 1.82) is 0 Å². The second-order valence-corrected chi connectivity index (χ2v) is 2.32. The van der Waals surface area contributed by atoms with Crippen LogP contribution >= 0.6 is 0 Å². The molecular weight excluding hydrogens is 158 g/mol. The fourth-order valence-corrected chi connectivity index (χ4v) is 0.678.